The maximum absolute atomic E-state index is 13.4. The lowest BCUT2D eigenvalue weighted by atomic mass is 10.2. The summed E-state index contributed by atoms with van der Waals surface area (Å²) < 4.78 is 16.4. The number of hydrogen-bond acceptors (Lipinski definition) is 3. The van der Waals surface area contributed by atoms with E-state index in [1.807, 2.05) is 41.0 Å². The molecule has 0 unspecified atom stereocenters. The van der Waals surface area contributed by atoms with Crippen LogP contribution < -0.4 is 0 Å². The van der Waals surface area contributed by atoms with Gasteiger partial charge in [-0.3, -0.25) is 4.57 Å². The topological polar surface area (TPSA) is 30.7 Å². The van der Waals surface area contributed by atoms with E-state index in [2.05, 4.69) is 38.3 Å². The van der Waals surface area contributed by atoms with Gasteiger partial charge in [0.15, 0.2) is 11.0 Å². The van der Waals surface area contributed by atoms with Crippen LogP contribution in [0.3, 0.4) is 0 Å². The minimum Gasteiger partial charge on any atom is -0.270 e. The summed E-state index contributed by atoms with van der Waals surface area (Å²) in [6.07, 6.45) is 0. The molecule has 4 rings (SSSR count). The molecule has 0 aliphatic rings. The van der Waals surface area contributed by atoms with Gasteiger partial charge in [-0.05, 0) is 66.2 Å². The summed E-state index contributed by atoms with van der Waals surface area (Å²) in [6.45, 7) is 0. The standard InChI is InChI=1S/C21H14BrClFN3S/c22-16-5-1-14(2-6-16)13-28-21-26-25-20(15-3-7-17(23)8-4-15)27(21)19-11-9-18(24)10-12-19/h1-12H,13H2. The van der Waals surface area contributed by atoms with Gasteiger partial charge in [0.2, 0.25) is 0 Å². The lowest BCUT2D eigenvalue weighted by Gasteiger charge is -2.10. The van der Waals surface area contributed by atoms with Gasteiger partial charge in [-0.25, -0.2) is 4.39 Å². The van der Waals surface area contributed by atoms with Crippen LogP contribution in [0.15, 0.2) is 82.4 Å². The van der Waals surface area contributed by atoms with E-state index in [1.54, 1.807) is 23.9 Å². The third-order valence-electron chi connectivity index (χ3n) is 4.10. The first-order valence-corrected chi connectivity index (χ1v) is 10.6. The van der Waals surface area contributed by atoms with Crippen molar-refractivity contribution < 1.29 is 4.39 Å². The Balaban J connectivity index is 1.72. The third-order valence-corrected chi connectivity index (χ3v) is 5.88. The van der Waals surface area contributed by atoms with Crippen molar-refractivity contribution in [2.75, 3.05) is 0 Å². The first kappa shape index (κ1) is 19.2. The highest BCUT2D eigenvalue weighted by molar-refractivity contribution is 9.10. The van der Waals surface area contributed by atoms with Crippen molar-refractivity contribution in [2.24, 2.45) is 0 Å². The molecule has 0 amide bonds. The predicted molar refractivity (Wildman–Crippen MR) is 115 cm³/mol. The Hall–Kier alpha value is -2.15. The molecule has 0 fully saturated rings. The fourth-order valence-corrected chi connectivity index (χ4v) is 4.00. The van der Waals surface area contributed by atoms with Crippen LogP contribution in [0.25, 0.3) is 17.1 Å². The maximum Gasteiger partial charge on any atom is 0.196 e. The van der Waals surface area contributed by atoms with Crippen molar-refractivity contribution >= 4 is 39.3 Å². The largest absolute Gasteiger partial charge is 0.270 e. The summed E-state index contributed by atoms with van der Waals surface area (Å²) in [5.41, 5.74) is 2.86. The number of aromatic nitrogens is 3. The Bertz CT molecular complexity index is 1080. The van der Waals surface area contributed by atoms with Crippen LogP contribution in [0.1, 0.15) is 5.56 Å². The molecule has 0 radical (unpaired) electrons. The zero-order chi connectivity index (χ0) is 19.5. The highest BCUT2D eigenvalue weighted by Crippen LogP contribution is 2.30. The zero-order valence-electron chi connectivity index (χ0n) is 14.5. The van der Waals surface area contributed by atoms with Crippen molar-refractivity contribution in [3.05, 3.63) is 93.7 Å². The third kappa shape index (κ3) is 4.29. The van der Waals surface area contributed by atoms with Crippen LogP contribution in [-0.4, -0.2) is 14.8 Å². The number of thioether (sulfide) groups is 1. The molecule has 3 aromatic carbocycles. The number of benzene rings is 3. The molecule has 0 saturated heterocycles. The number of rotatable bonds is 5. The van der Waals surface area contributed by atoms with Crippen LogP contribution in [0, 0.1) is 5.82 Å². The van der Waals surface area contributed by atoms with Gasteiger partial charge < -0.3 is 0 Å². The SMILES string of the molecule is Fc1ccc(-n2c(SCc3ccc(Br)cc3)nnc2-c2ccc(Cl)cc2)cc1. The van der Waals surface area contributed by atoms with E-state index < -0.39 is 0 Å². The molecular weight excluding hydrogens is 461 g/mol. The van der Waals surface area contributed by atoms with Crippen molar-refractivity contribution in [1.82, 2.24) is 14.8 Å². The Morgan fingerprint density at radius 3 is 2.25 bits per heavy atom. The fourth-order valence-electron chi connectivity index (χ4n) is 2.70. The quantitative estimate of drug-likeness (QED) is 0.299. The monoisotopic (exact) mass is 473 g/mol. The van der Waals surface area contributed by atoms with Crippen LogP contribution in [0.4, 0.5) is 4.39 Å². The van der Waals surface area contributed by atoms with E-state index in [-0.39, 0.29) is 5.82 Å². The molecule has 0 atom stereocenters. The van der Waals surface area contributed by atoms with Crippen molar-refractivity contribution in [1.29, 1.82) is 0 Å². The van der Waals surface area contributed by atoms with Crippen molar-refractivity contribution in [3.63, 3.8) is 0 Å². The summed E-state index contributed by atoms with van der Waals surface area (Å²) in [7, 11) is 0. The molecule has 0 aliphatic carbocycles. The molecule has 28 heavy (non-hydrogen) atoms. The molecule has 1 aromatic heterocycles. The molecule has 0 spiro atoms. The molecule has 0 saturated carbocycles. The van der Waals surface area contributed by atoms with Gasteiger partial charge in [0, 0.05) is 26.5 Å². The Morgan fingerprint density at radius 1 is 0.893 bits per heavy atom. The minimum atomic E-state index is -0.283. The Labute approximate surface area is 179 Å². The van der Waals surface area contributed by atoms with Crippen molar-refractivity contribution in [2.45, 2.75) is 10.9 Å². The van der Waals surface area contributed by atoms with E-state index >= 15 is 0 Å². The number of halogens is 3. The van der Waals surface area contributed by atoms with Gasteiger partial charge in [-0.2, -0.15) is 0 Å². The predicted octanol–water partition coefficient (Wildman–Crippen LogP) is 6.78. The molecule has 0 aliphatic heterocycles. The summed E-state index contributed by atoms with van der Waals surface area (Å²) in [6, 6.07) is 21.9. The van der Waals surface area contributed by atoms with Gasteiger partial charge in [-0.15, -0.1) is 10.2 Å². The maximum atomic E-state index is 13.4. The average Bonchev–Trinajstić information content (AvgIpc) is 3.13. The van der Waals surface area contributed by atoms with Crippen LogP contribution in [0.2, 0.25) is 5.02 Å². The zero-order valence-corrected chi connectivity index (χ0v) is 17.7. The first-order valence-electron chi connectivity index (χ1n) is 8.45. The molecule has 7 heteroatoms. The fraction of sp³-hybridized carbons (Fsp3) is 0.0476. The van der Waals surface area contributed by atoms with Gasteiger partial charge in [-0.1, -0.05) is 51.4 Å². The first-order chi connectivity index (χ1) is 13.6. The molecule has 0 bridgehead atoms. The molecule has 140 valence electrons. The Kier molecular flexibility index (Phi) is 5.80. The number of hydrogen-bond donors (Lipinski definition) is 0. The molecule has 1 heterocycles. The lowest BCUT2D eigenvalue weighted by molar-refractivity contribution is 0.627. The van der Waals surface area contributed by atoms with E-state index in [0.29, 0.717) is 10.8 Å². The smallest absolute Gasteiger partial charge is 0.196 e. The summed E-state index contributed by atoms with van der Waals surface area (Å²) >= 11 is 11.0. The minimum absolute atomic E-state index is 0.283. The van der Waals surface area contributed by atoms with E-state index in [1.165, 1.54) is 17.7 Å². The molecular formula is C21H14BrClFN3S. The second-order valence-electron chi connectivity index (χ2n) is 6.04. The Morgan fingerprint density at radius 2 is 1.57 bits per heavy atom. The average molecular weight is 475 g/mol. The van der Waals surface area contributed by atoms with Crippen molar-refractivity contribution in [3.8, 4) is 17.1 Å². The van der Waals surface area contributed by atoms with E-state index in [0.717, 1.165) is 26.6 Å². The van der Waals surface area contributed by atoms with Gasteiger partial charge in [0.05, 0.1) is 0 Å². The van der Waals surface area contributed by atoms with Gasteiger partial charge in [0.1, 0.15) is 5.82 Å². The van der Waals surface area contributed by atoms with Crippen LogP contribution >= 0.6 is 39.3 Å². The van der Waals surface area contributed by atoms with E-state index in [9.17, 15) is 4.39 Å². The van der Waals surface area contributed by atoms with Gasteiger partial charge >= 0.3 is 0 Å². The molecule has 4 aromatic rings. The summed E-state index contributed by atoms with van der Waals surface area (Å²) in [5.74, 6) is 1.14. The normalized spacial score (nSPS) is 11.0. The van der Waals surface area contributed by atoms with Crippen LogP contribution in [-0.2, 0) is 5.75 Å². The highest BCUT2D eigenvalue weighted by atomic mass is 79.9. The summed E-state index contributed by atoms with van der Waals surface area (Å²) in [5, 5.41) is 10.2. The molecule has 3 nitrogen and oxygen atoms in total. The highest BCUT2D eigenvalue weighted by Gasteiger charge is 2.16. The second kappa shape index (κ2) is 8.47. The van der Waals surface area contributed by atoms with Gasteiger partial charge in [0.25, 0.3) is 0 Å². The second-order valence-corrected chi connectivity index (χ2v) is 8.33. The lowest BCUT2D eigenvalue weighted by Crippen LogP contribution is -2.00. The van der Waals surface area contributed by atoms with Crippen LogP contribution in [0.5, 0.6) is 0 Å². The summed E-state index contributed by atoms with van der Waals surface area (Å²) in [4.78, 5) is 0. The number of nitrogens with zero attached hydrogens (tertiary/aromatic N) is 3. The van der Waals surface area contributed by atoms with E-state index in [4.69, 9.17) is 11.6 Å². The molecule has 0 N–H and O–H groups in total.